The van der Waals surface area contributed by atoms with E-state index in [-0.39, 0.29) is 0 Å². The molecule has 3 heteroatoms. The minimum Gasteiger partial charge on any atom is -0.309 e. The van der Waals surface area contributed by atoms with Crippen molar-refractivity contribution in [1.82, 2.24) is 9.13 Å². The van der Waals surface area contributed by atoms with Crippen LogP contribution in [-0.2, 0) is 0 Å². The van der Waals surface area contributed by atoms with Crippen LogP contribution in [0.2, 0.25) is 0 Å². The predicted octanol–water partition coefficient (Wildman–Crippen LogP) is 10.8. The molecule has 0 amide bonds. The van der Waals surface area contributed by atoms with E-state index in [4.69, 9.17) is 4.99 Å². The Labute approximate surface area is 248 Å². The number of hydrogen-bond acceptors (Lipinski definition) is 1. The number of fused-ring (bicyclic) bond motifs is 6. The van der Waals surface area contributed by atoms with Gasteiger partial charge in [0.2, 0.25) is 0 Å². The number of rotatable bonds is 4. The molecule has 0 unspecified atom stereocenters. The quantitative estimate of drug-likeness (QED) is 0.154. The van der Waals surface area contributed by atoms with Gasteiger partial charge in [-0.15, -0.1) is 0 Å². The molecule has 0 N–H and O–H groups in total. The van der Waals surface area contributed by atoms with Crippen LogP contribution in [0.3, 0.4) is 0 Å². The van der Waals surface area contributed by atoms with E-state index in [9.17, 15) is 0 Å². The van der Waals surface area contributed by atoms with Crippen LogP contribution >= 0.6 is 0 Å². The van der Waals surface area contributed by atoms with E-state index >= 15 is 0 Å². The molecule has 6 aromatic carbocycles. The molecule has 0 atom stereocenters. The molecular formula is C40H27N3. The molecule has 9 rings (SSSR count). The van der Waals surface area contributed by atoms with Gasteiger partial charge in [-0.05, 0) is 88.5 Å². The van der Waals surface area contributed by atoms with Crippen molar-refractivity contribution in [2.24, 2.45) is 4.99 Å². The summed E-state index contributed by atoms with van der Waals surface area (Å²) in [6.07, 6.45) is 5.66. The van der Waals surface area contributed by atoms with Gasteiger partial charge in [-0.1, -0.05) is 85.5 Å². The van der Waals surface area contributed by atoms with Gasteiger partial charge in [-0.3, -0.25) is 4.57 Å². The lowest BCUT2D eigenvalue weighted by Gasteiger charge is -2.15. The van der Waals surface area contributed by atoms with Gasteiger partial charge in [0.25, 0.3) is 0 Å². The van der Waals surface area contributed by atoms with E-state index < -0.39 is 0 Å². The highest BCUT2D eigenvalue weighted by Gasteiger charge is 2.26. The smallest absolute Gasteiger partial charge is 0.137 e. The van der Waals surface area contributed by atoms with Crippen LogP contribution in [0.25, 0.3) is 88.1 Å². The number of para-hydroxylation sites is 2. The van der Waals surface area contributed by atoms with Gasteiger partial charge in [0, 0.05) is 33.4 Å². The van der Waals surface area contributed by atoms with Crippen LogP contribution in [0.1, 0.15) is 6.92 Å². The maximum absolute atomic E-state index is 4.79. The number of allylic oxidation sites excluding steroid dienone is 2. The molecular weight excluding hydrogens is 522 g/mol. The SMILES string of the molecule is C=C/C=C(\N=CC)n1c2cccc3c2c2c4c(cccc4ccc21)-c1cc2c4ccccc4n(-c4ccccc4)c2cc1-3. The molecule has 0 fully saturated rings. The summed E-state index contributed by atoms with van der Waals surface area (Å²) >= 11 is 0. The number of aliphatic imine (C=N–C) groups is 1. The summed E-state index contributed by atoms with van der Waals surface area (Å²) in [6, 6.07) is 42.2. The van der Waals surface area contributed by atoms with Crippen molar-refractivity contribution in [2.45, 2.75) is 6.92 Å². The zero-order valence-electron chi connectivity index (χ0n) is 23.8. The van der Waals surface area contributed by atoms with E-state index in [1.54, 1.807) is 0 Å². The van der Waals surface area contributed by atoms with Crippen LogP contribution in [0.15, 0.2) is 139 Å². The van der Waals surface area contributed by atoms with Crippen LogP contribution in [-0.4, -0.2) is 15.3 Å². The summed E-state index contributed by atoms with van der Waals surface area (Å²) in [7, 11) is 0. The third-order valence-electron chi connectivity index (χ3n) is 8.96. The van der Waals surface area contributed by atoms with Crippen molar-refractivity contribution in [3.63, 3.8) is 0 Å². The molecule has 3 nitrogen and oxygen atoms in total. The molecule has 8 aromatic rings. The first kappa shape index (κ1) is 24.0. The fourth-order valence-corrected chi connectivity index (χ4v) is 7.35. The number of benzene rings is 6. The Kier molecular flexibility index (Phi) is 4.97. The fourth-order valence-electron chi connectivity index (χ4n) is 7.35. The minimum atomic E-state index is 0.854. The standard InChI is InChI=1S/C40H27N3/c1-3-12-37(41-4-2)43-34-20-11-18-29-31-24-36-32(27-16-8-9-19-33(27)42(36)26-14-6-5-7-15-26)23-30(31)28-17-10-13-25-21-22-35(43)40(38(25)28)39(29)34/h3-24H,1H2,2H3/b37-12+,41-4?. The maximum atomic E-state index is 4.79. The Morgan fingerprint density at radius 2 is 1.33 bits per heavy atom. The average Bonchev–Trinajstić information content (AvgIpc) is 3.52. The Bertz CT molecular complexity index is 2520. The summed E-state index contributed by atoms with van der Waals surface area (Å²) in [5.74, 6) is 0.854. The second-order valence-corrected chi connectivity index (χ2v) is 11.1. The highest BCUT2D eigenvalue weighted by Crippen LogP contribution is 2.51. The summed E-state index contributed by atoms with van der Waals surface area (Å²) in [5.41, 5.74) is 10.9. The molecule has 0 spiro atoms. The van der Waals surface area contributed by atoms with Gasteiger partial charge in [0.1, 0.15) is 5.82 Å². The number of nitrogens with zero attached hydrogens (tertiary/aromatic N) is 3. The lowest BCUT2D eigenvalue weighted by atomic mass is 9.91. The summed E-state index contributed by atoms with van der Waals surface area (Å²) in [5, 5.41) is 7.60. The van der Waals surface area contributed by atoms with Gasteiger partial charge < -0.3 is 4.57 Å². The highest BCUT2D eigenvalue weighted by molar-refractivity contribution is 6.31. The molecule has 202 valence electrons. The molecule has 0 bridgehead atoms. The molecule has 0 radical (unpaired) electrons. The predicted molar refractivity (Wildman–Crippen MR) is 184 cm³/mol. The summed E-state index contributed by atoms with van der Waals surface area (Å²) in [6.45, 7) is 5.95. The molecule has 1 aliphatic carbocycles. The number of aromatic nitrogens is 2. The van der Waals surface area contributed by atoms with Gasteiger partial charge >= 0.3 is 0 Å². The van der Waals surface area contributed by atoms with E-state index in [1.165, 1.54) is 65.6 Å². The Morgan fingerprint density at radius 3 is 2.16 bits per heavy atom. The maximum Gasteiger partial charge on any atom is 0.137 e. The first-order valence-corrected chi connectivity index (χ1v) is 14.7. The molecule has 0 saturated carbocycles. The molecule has 2 heterocycles. The topological polar surface area (TPSA) is 22.2 Å². The van der Waals surface area contributed by atoms with Gasteiger partial charge in [-0.25, -0.2) is 4.99 Å². The van der Waals surface area contributed by atoms with Crippen molar-refractivity contribution in [1.29, 1.82) is 0 Å². The van der Waals surface area contributed by atoms with Crippen molar-refractivity contribution in [2.75, 3.05) is 0 Å². The number of hydrogen-bond donors (Lipinski definition) is 0. The van der Waals surface area contributed by atoms with Gasteiger partial charge in [-0.2, -0.15) is 0 Å². The first-order valence-electron chi connectivity index (χ1n) is 14.7. The Morgan fingerprint density at radius 1 is 0.605 bits per heavy atom. The highest BCUT2D eigenvalue weighted by atomic mass is 15.1. The van der Waals surface area contributed by atoms with Crippen molar-refractivity contribution >= 4 is 66.4 Å². The zero-order chi connectivity index (χ0) is 28.7. The Balaban J connectivity index is 1.51. The van der Waals surface area contributed by atoms with Crippen molar-refractivity contribution in [3.05, 3.63) is 134 Å². The van der Waals surface area contributed by atoms with Gasteiger partial charge in [0.05, 0.1) is 22.1 Å². The van der Waals surface area contributed by atoms with E-state index in [2.05, 4.69) is 131 Å². The zero-order valence-corrected chi connectivity index (χ0v) is 23.8. The van der Waals surface area contributed by atoms with E-state index in [0.29, 0.717) is 0 Å². The molecule has 0 aliphatic heterocycles. The van der Waals surface area contributed by atoms with Crippen molar-refractivity contribution in [3.8, 4) is 27.9 Å². The lowest BCUT2D eigenvalue weighted by Crippen LogP contribution is -1.96. The van der Waals surface area contributed by atoms with Crippen LogP contribution < -0.4 is 0 Å². The lowest BCUT2D eigenvalue weighted by molar-refractivity contribution is 1.18. The largest absolute Gasteiger partial charge is 0.309 e. The summed E-state index contributed by atoms with van der Waals surface area (Å²) < 4.78 is 4.70. The molecule has 43 heavy (non-hydrogen) atoms. The van der Waals surface area contributed by atoms with Crippen LogP contribution in [0, 0.1) is 0 Å². The van der Waals surface area contributed by atoms with Crippen molar-refractivity contribution < 1.29 is 0 Å². The third-order valence-corrected chi connectivity index (χ3v) is 8.96. The van der Waals surface area contributed by atoms with Gasteiger partial charge in [0.15, 0.2) is 0 Å². The minimum absolute atomic E-state index is 0.854. The van der Waals surface area contributed by atoms with E-state index in [1.807, 2.05) is 25.3 Å². The third kappa shape index (κ3) is 3.16. The average molecular weight is 550 g/mol. The van der Waals surface area contributed by atoms with E-state index in [0.717, 1.165) is 22.5 Å². The fraction of sp³-hybridized carbons (Fsp3) is 0.0250. The Hall–Kier alpha value is -5.67. The first-order chi connectivity index (χ1) is 21.3. The van der Waals surface area contributed by atoms with Crippen LogP contribution in [0.4, 0.5) is 0 Å². The monoisotopic (exact) mass is 549 g/mol. The molecule has 0 saturated heterocycles. The molecule has 2 aromatic heterocycles. The second-order valence-electron chi connectivity index (χ2n) is 11.1. The molecule has 1 aliphatic rings. The summed E-state index contributed by atoms with van der Waals surface area (Å²) in [4.78, 5) is 4.79. The normalized spacial score (nSPS) is 12.9. The second kappa shape index (κ2) is 8.91. The van der Waals surface area contributed by atoms with Crippen LogP contribution in [0.5, 0.6) is 0 Å².